The standard InChI is InChI=1S/C23H34NSi.Ir/c1-22(2,3)15-18-14-20(24-16-21(18)25(7,8)9)17-10-12-19(13-11-17)23(4,5)6;/h10,12-14,16H,15H2,1-9H3;/q-1;/i15D2;. The van der Waals surface area contributed by atoms with Crippen LogP contribution < -0.4 is 5.19 Å². The quantitative estimate of drug-likeness (QED) is 0.341. The smallest absolute Gasteiger partial charge is 0.0798 e. The maximum absolute atomic E-state index is 8.87. The molecule has 145 valence electrons. The first kappa shape index (κ1) is 20.0. The molecule has 1 radical (unpaired) electrons. The molecule has 1 nitrogen and oxygen atoms in total. The van der Waals surface area contributed by atoms with Crippen LogP contribution in [0.3, 0.4) is 0 Å². The van der Waals surface area contributed by atoms with Gasteiger partial charge in [-0.1, -0.05) is 72.8 Å². The van der Waals surface area contributed by atoms with E-state index >= 15 is 0 Å². The predicted octanol–water partition coefficient (Wildman–Crippen LogP) is 5.98. The van der Waals surface area contributed by atoms with E-state index in [-0.39, 0.29) is 25.5 Å². The van der Waals surface area contributed by atoms with Crippen LogP contribution in [0.15, 0.2) is 30.5 Å². The molecule has 2 rings (SSSR count). The number of aromatic nitrogens is 1. The fraction of sp³-hybridized carbons (Fsp3) is 0.522. The van der Waals surface area contributed by atoms with Crippen LogP contribution in [0, 0.1) is 11.5 Å². The first-order chi connectivity index (χ1) is 12.0. The van der Waals surface area contributed by atoms with Gasteiger partial charge in [0.2, 0.25) is 0 Å². The Hall–Kier alpha value is -0.764. The molecule has 1 aromatic heterocycles. The average Bonchev–Trinajstić information content (AvgIpc) is 2.51. The van der Waals surface area contributed by atoms with Gasteiger partial charge in [0.15, 0.2) is 0 Å². The molecule has 0 saturated heterocycles. The van der Waals surface area contributed by atoms with Crippen molar-refractivity contribution in [2.45, 2.75) is 73.0 Å². The van der Waals surface area contributed by atoms with Gasteiger partial charge in [0.25, 0.3) is 0 Å². The zero-order valence-corrected chi connectivity index (χ0v) is 21.1. The summed E-state index contributed by atoms with van der Waals surface area (Å²) >= 11 is 0. The van der Waals surface area contributed by atoms with Gasteiger partial charge in [-0.25, -0.2) is 0 Å². The predicted molar refractivity (Wildman–Crippen MR) is 113 cm³/mol. The van der Waals surface area contributed by atoms with E-state index < -0.39 is 19.9 Å². The van der Waals surface area contributed by atoms with Gasteiger partial charge in [0.1, 0.15) is 0 Å². The second-order valence-corrected chi connectivity index (χ2v) is 15.0. The summed E-state index contributed by atoms with van der Waals surface area (Å²) in [5.41, 5.74) is 3.30. The summed E-state index contributed by atoms with van der Waals surface area (Å²) in [6.45, 7) is 19.2. The molecule has 1 aromatic carbocycles. The Kier molecular flexibility index (Phi) is 6.21. The third kappa shape index (κ3) is 6.15. The number of rotatable bonds is 3. The number of pyridine rings is 1. The van der Waals surface area contributed by atoms with Crippen molar-refractivity contribution >= 4 is 13.3 Å². The zero-order chi connectivity index (χ0) is 20.8. The molecule has 0 N–H and O–H groups in total. The van der Waals surface area contributed by atoms with E-state index in [1.54, 1.807) is 0 Å². The summed E-state index contributed by atoms with van der Waals surface area (Å²) in [5.74, 6) is 0. The fourth-order valence-corrected chi connectivity index (χ4v) is 4.15. The third-order valence-corrected chi connectivity index (χ3v) is 6.19. The van der Waals surface area contributed by atoms with E-state index in [0.29, 0.717) is 0 Å². The van der Waals surface area contributed by atoms with Crippen LogP contribution in [-0.4, -0.2) is 13.1 Å². The minimum atomic E-state index is -1.74. The van der Waals surface area contributed by atoms with Crippen molar-refractivity contribution in [1.29, 1.82) is 0 Å². The maximum Gasteiger partial charge on any atom is 0.0798 e. The number of benzene rings is 1. The second-order valence-electron chi connectivity index (χ2n) is 9.98. The molecular formula is C23H34IrNSi-. The molecule has 0 fully saturated rings. The van der Waals surface area contributed by atoms with Crippen molar-refractivity contribution in [2.24, 2.45) is 5.41 Å². The number of nitrogens with zero attached hydrogens (tertiary/aromatic N) is 1. The van der Waals surface area contributed by atoms with E-state index in [0.717, 1.165) is 22.0 Å². The molecule has 0 spiro atoms. The third-order valence-electron chi connectivity index (χ3n) is 4.18. The zero-order valence-electron chi connectivity index (χ0n) is 19.7. The summed E-state index contributed by atoms with van der Waals surface area (Å²) in [4.78, 5) is 4.70. The Morgan fingerprint density at radius 2 is 1.69 bits per heavy atom. The summed E-state index contributed by atoms with van der Waals surface area (Å²) in [6, 6.07) is 11.5. The monoisotopic (exact) mass is 547 g/mol. The molecular weight excluding hydrogens is 511 g/mol. The van der Waals surface area contributed by atoms with Crippen LogP contribution in [0.5, 0.6) is 0 Å². The van der Waals surface area contributed by atoms with E-state index in [2.05, 4.69) is 52.5 Å². The van der Waals surface area contributed by atoms with Crippen molar-refractivity contribution in [3.63, 3.8) is 0 Å². The van der Waals surface area contributed by atoms with Crippen molar-refractivity contribution < 1.29 is 22.8 Å². The summed E-state index contributed by atoms with van der Waals surface area (Å²) in [6.07, 6.45) is 0.470. The first-order valence-electron chi connectivity index (χ1n) is 10.1. The molecule has 26 heavy (non-hydrogen) atoms. The van der Waals surface area contributed by atoms with Crippen LogP contribution in [0.2, 0.25) is 19.6 Å². The van der Waals surface area contributed by atoms with Crippen molar-refractivity contribution in [1.82, 2.24) is 4.98 Å². The van der Waals surface area contributed by atoms with Crippen LogP contribution in [0.25, 0.3) is 11.3 Å². The number of hydrogen-bond donors (Lipinski definition) is 0. The van der Waals surface area contributed by atoms with Gasteiger partial charge in [0.05, 0.1) is 8.07 Å². The Bertz CT molecular complexity index is 810. The minimum absolute atomic E-state index is 0. The molecule has 0 amide bonds. The molecule has 3 heteroatoms. The molecule has 0 aliphatic heterocycles. The van der Waals surface area contributed by atoms with Gasteiger partial charge >= 0.3 is 0 Å². The van der Waals surface area contributed by atoms with Crippen LogP contribution in [-0.2, 0) is 31.9 Å². The van der Waals surface area contributed by atoms with Crippen molar-refractivity contribution in [3.8, 4) is 11.3 Å². The van der Waals surface area contributed by atoms with E-state index in [9.17, 15) is 0 Å². The Morgan fingerprint density at radius 1 is 1.08 bits per heavy atom. The maximum atomic E-state index is 8.87. The topological polar surface area (TPSA) is 12.9 Å². The molecule has 0 unspecified atom stereocenters. The van der Waals surface area contributed by atoms with Crippen LogP contribution in [0.1, 0.15) is 55.4 Å². The Balaban J connectivity index is 0.00000392. The van der Waals surface area contributed by atoms with Gasteiger partial charge in [-0.3, -0.25) is 0 Å². The first-order valence-corrected chi connectivity index (χ1v) is 12.6. The largest absolute Gasteiger partial charge is 0.305 e. The van der Waals surface area contributed by atoms with Crippen molar-refractivity contribution in [3.05, 3.63) is 47.7 Å². The van der Waals surface area contributed by atoms with E-state index in [4.69, 9.17) is 7.73 Å². The Morgan fingerprint density at radius 3 is 2.12 bits per heavy atom. The van der Waals surface area contributed by atoms with Crippen LogP contribution in [0.4, 0.5) is 0 Å². The molecule has 0 aliphatic rings. The molecule has 0 saturated carbocycles. The Labute approximate surface area is 178 Å². The van der Waals surface area contributed by atoms with Gasteiger partial charge in [-0.05, 0) is 28.1 Å². The van der Waals surface area contributed by atoms with Gasteiger partial charge in [-0.15, -0.1) is 35.4 Å². The summed E-state index contributed by atoms with van der Waals surface area (Å²) in [7, 11) is -1.74. The average molecular weight is 547 g/mol. The summed E-state index contributed by atoms with van der Waals surface area (Å²) in [5, 5.41) is 1.09. The van der Waals surface area contributed by atoms with Gasteiger partial charge < -0.3 is 4.98 Å². The molecule has 0 aliphatic carbocycles. The fourth-order valence-electron chi connectivity index (χ4n) is 2.76. The molecule has 0 bridgehead atoms. The number of hydrogen-bond acceptors (Lipinski definition) is 1. The normalized spacial score (nSPS) is 14.3. The van der Waals surface area contributed by atoms with Gasteiger partial charge in [-0.2, -0.15) is 0 Å². The van der Waals surface area contributed by atoms with Crippen LogP contribution >= 0.6 is 0 Å². The summed E-state index contributed by atoms with van der Waals surface area (Å²) < 4.78 is 17.7. The molecule has 0 atom stereocenters. The minimum Gasteiger partial charge on any atom is -0.305 e. The second kappa shape index (κ2) is 8.08. The van der Waals surface area contributed by atoms with E-state index in [1.165, 1.54) is 5.56 Å². The van der Waals surface area contributed by atoms with Crippen molar-refractivity contribution in [2.75, 3.05) is 0 Å². The van der Waals surface area contributed by atoms with E-state index in [1.807, 2.05) is 45.2 Å². The SMILES string of the molecule is [2H]C([2H])(c1cc(-c2[c-]cc(C(C)(C)C)cc2)ncc1[Si](C)(C)C)C(C)(C)C.[Ir]. The van der Waals surface area contributed by atoms with Gasteiger partial charge in [0, 0.05) is 29.0 Å². The molecule has 2 aromatic rings. The molecule has 1 heterocycles.